The van der Waals surface area contributed by atoms with E-state index >= 15 is 0 Å². The van der Waals surface area contributed by atoms with Crippen LogP contribution in [0.5, 0.6) is 0 Å². The van der Waals surface area contributed by atoms with E-state index < -0.39 is 0 Å². The molecule has 1 aliphatic rings. The van der Waals surface area contributed by atoms with E-state index in [9.17, 15) is 0 Å². The first kappa shape index (κ1) is 17.9. The van der Waals surface area contributed by atoms with Crippen LogP contribution in [0.3, 0.4) is 0 Å². The fraction of sp³-hybridized carbons (Fsp3) is 0.292. The van der Waals surface area contributed by atoms with Crippen LogP contribution in [0.4, 0.5) is 5.95 Å². The van der Waals surface area contributed by atoms with Gasteiger partial charge in [0.1, 0.15) is 0 Å². The summed E-state index contributed by atoms with van der Waals surface area (Å²) in [6, 6.07) is 19.0. The topological polar surface area (TPSA) is 46.8 Å². The minimum Gasteiger partial charge on any atom is -0.334 e. The summed E-state index contributed by atoms with van der Waals surface area (Å²) < 4.78 is 1.98. The van der Waals surface area contributed by atoms with Crippen LogP contribution >= 0.6 is 0 Å². The van der Waals surface area contributed by atoms with E-state index in [0.29, 0.717) is 0 Å². The molecule has 0 N–H and O–H groups in total. The van der Waals surface area contributed by atoms with E-state index in [4.69, 9.17) is 9.97 Å². The Kier molecular flexibility index (Phi) is 4.31. The molecule has 4 aromatic rings. The van der Waals surface area contributed by atoms with Gasteiger partial charge in [-0.3, -0.25) is 4.68 Å². The Morgan fingerprint density at radius 3 is 2.45 bits per heavy atom. The van der Waals surface area contributed by atoms with E-state index in [2.05, 4.69) is 66.3 Å². The Balaban J connectivity index is 1.67. The van der Waals surface area contributed by atoms with E-state index in [1.165, 1.54) is 11.3 Å². The molecule has 0 spiro atoms. The highest BCUT2D eigenvalue weighted by molar-refractivity contribution is 5.93. The van der Waals surface area contributed by atoms with Gasteiger partial charge in [-0.2, -0.15) is 5.10 Å². The fourth-order valence-corrected chi connectivity index (χ4v) is 4.59. The zero-order valence-electron chi connectivity index (χ0n) is 17.1. The van der Waals surface area contributed by atoms with Gasteiger partial charge >= 0.3 is 0 Å². The third kappa shape index (κ3) is 2.97. The van der Waals surface area contributed by atoms with Crippen molar-refractivity contribution in [3.63, 3.8) is 0 Å². The minimum absolute atomic E-state index is 0.272. The summed E-state index contributed by atoms with van der Waals surface area (Å²) in [4.78, 5) is 12.4. The van der Waals surface area contributed by atoms with Crippen LogP contribution in [-0.2, 0) is 7.05 Å². The molecule has 3 heterocycles. The largest absolute Gasteiger partial charge is 0.334 e. The standard InChI is InChI=1S/C24H25N5/c1-16-22(17(2)28(3)27-16)21-14-9-15-29(21)24-25-20-13-8-7-12-19(20)23(26-24)18-10-5-4-6-11-18/h4-8,10-13,21H,9,14-15H2,1-3H3. The molecule has 1 saturated heterocycles. The molecule has 2 aromatic heterocycles. The maximum absolute atomic E-state index is 5.08. The SMILES string of the molecule is Cc1nn(C)c(C)c1C1CCCN1c1nc(-c2ccccc2)c2ccccc2n1. The van der Waals surface area contributed by atoms with Crippen molar-refractivity contribution in [2.24, 2.45) is 7.05 Å². The van der Waals surface area contributed by atoms with E-state index in [0.717, 1.165) is 53.2 Å². The summed E-state index contributed by atoms with van der Waals surface area (Å²) in [6.07, 6.45) is 2.24. The first-order valence-electron chi connectivity index (χ1n) is 10.2. The van der Waals surface area contributed by atoms with Gasteiger partial charge in [-0.1, -0.05) is 48.5 Å². The highest BCUT2D eigenvalue weighted by Crippen LogP contribution is 2.39. The number of aromatic nitrogens is 4. The Morgan fingerprint density at radius 2 is 1.69 bits per heavy atom. The lowest BCUT2D eigenvalue weighted by molar-refractivity contribution is 0.687. The van der Waals surface area contributed by atoms with Crippen molar-refractivity contribution in [1.82, 2.24) is 19.7 Å². The first-order chi connectivity index (χ1) is 14.1. The highest BCUT2D eigenvalue weighted by atomic mass is 15.3. The number of hydrogen-bond acceptors (Lipinski definition) is 4. The summed E-state index contributed by atoms with van der Waals surface area (Å²) in [6.45, 7) is 5.23. The Labute approximate surface area is 171 Å². The lowest BCUT2D eigenvalue weighted by Crippen LogP contribution is -2.25. The molecule has 5 nitrogen and oxygen atoms in total. The highest BCUT2D eigenvalue weighted by Gasteiger charge is 2.32. The van der Waals surface area contributed by atoms with E-state index in [-0.39, 0.29) is 6.04 Å². The Morgan fingerprint density at radius 1 is 0.931 bits per heavy atom. The van der Waals surface area contributed by atoms with Crippen LogP contribution in [0.25, 0.3) is 22.2 Å². The third-order valence-corrected chi connectivity index (χ3v) is 6.05. The van der Waals surface area contributed by atoms with Crippen LogP contribution in [0, 0.1) is 13.8 Å². The van der Waals surface area contributed by atoms with Gasteiger partial charge in [-0.15, -0.1) is 0 Å². The minimum atomic E-state index is 0.272. The van der Waals surface area contributed by atoms with Gasteiger partial charge in [0.25, 0.3) is 0 Å². The normalized spacial score (nSPS) is 16.7. The van der Waals surface area contributed by atoms with Gasteiger partial charge in [0.15, 0.2) is 0 Å². The van der Waals surface area contributed by atoms with Crippen molar-refractivity contribution >= 4 is 16.9 Å². The number of nitrogens with zero attached hydrogens (tertiary/aromatic N) is 5. The van der Waals surface area contributed by atoms with Crippen molar-refractivity contribution in [2.45, 2.75) is 32.7 Å². The van der Waals surface area contributed by atoms with Gasteiger partial charge in [-0.25, -0.2) is 9.97 Å². The van der Waals surface area contributed by atoms with Crippen molar-refractivity contribution < 1.29 is 0 Å². The van der Waals surface area contributed by atoms with E-state index in [1.807, 2.05) is 23.9 Å². The Hall–Kier alpha value is -3.21. The maximum atomic E-state index is 5.08. The molecule has 0 radical (unpaired) electrons. The molecular weight excluding hydrogens is 358 g/mol. The molecule has 1 unspecified atom stereocenters. The maximum Gasteiger partial charge on any atom is 0.227 e. The number of hydrogen-bond donors (Lipinski definition) is 0. The Bertz CT molecular complexity index is 1180. The molecule has 29 heavy (non-hydrogen) atoms. The van der Waals surface area contributed by atoms with Crippen molar-refractivity contribution in [2.75, 3.05) is 11.4 Å². The van der Waals surface area contributed by atoms with Crippen LogP contribution in [0.2, 0.25) is 0 Å². The molecule has 0 amide bonds. The second-order valence-corrected chi connectivity index (χ2v) is 7.81. The quantitative estimate of drug-likeness (QED) is 0.500. The van der Waals surface area contributed by atoms with Gasteiger partial charge < -0.3 is 4.90 Å². The van der Waals surface area contributed by atoms with Crippen molar-refractivity contribution in [3.8, 4) is 11.3 Å². The molecule has 1 aliphatic heterocycles. The average Bonchev–Trinajstić information content (AvgIpc) is 3.31. The number of anilines is 1. The number of para-hydroxylation sites is 1. The molecule has 0 aliphatic carbocycles. The predicted octanol–water partition coefficient (Wildman–Crippen LogP) is 4.99. The van der Waals surface area contributed by atoms with Gasteiger partial charge in [-0.05, 0) is 32.8 Å². The first-order valence-corrected chi connectivity index (χ1v) is 10.2. The van der Waals surface area contributed by atoms with Gasteiger partial charge in [0.2, 0.25) is 5.95 Å². The predicted molar refractivity (Wildman–Crippen MR) is 117 cm³/mol. The lowest BCUT2D eigenvalue weighted by atomic mass is 10.0. The molecule has 2 aromatic carbocycles. The number of fused-ring (bicyclic) bond motifs is 1. The smallest absolute Gasteiger partial charge is 0.227 e. The fourth-order valence-electron chi connectivity index (χ4n) is 4.59. The zero-order valence-corrected chi connectivity index (χ0v) is 17.1. The number of benzene rings is 2. The lowest BCUT2D eigenvalue weighted by Gasteiger charge is -2.26. The second kappa shape index (κ2) is 6.99. The summed E-state index contributed by atoms with van der Waals surface area (Å²) in [5.74, 6) is 0.813. The molecule has 1 fully saturated rings. The number of rotatable bonds is 3. The third-order valence-electron chi connectivity index (χ3n) is 6.05. The summed E-state index contributed by atoms with van der Waals surface area (Å²) in [5, 5.41) is 5.74. The monoisotopic (exact) mass is 383 g/mol. The summed E-state index contributed by atoms with van der Waals surface area (Å²) >= 11 is 0. The molecule has 0 bridgehead atoms. The van der Waals surface area contributed by atoms with Crippen molar-refractivity contribution in [1.29, 1.82) is 0 Å². The van der Waals surface area contributed by atoms with Crippen LogP contribution in [0.1, 0.15) is 35.8 Å². The van der Waals surface area contributed by atoms with Crippen molar-refractivity contribution in [3.05, 3.63) is 71.5 Å². The molecular formula is C24H25N5. The second-order valence-electron chi connectivity index (χ2n) is 7.81. The molecule has 5 heteroatoms. The molecule has 0 saturated carbocycles. The number of aryl methyl sites for hydroxylation is 2. The van der Waals surface area contributed by atoms with Crippen LogP contribution < -0.4 is 4.90 Å². The molecule has 5 rings (SSSR count). The molecule has 1 atom stereocenters. The summed E-state index contributed by atoms with van der Waals surface area (Å²) in [5.41, 5.74) is 6.76. The zero-order chi connectivity index (χ0) is 20.0. The van der Waals surface area contributed by atoms with E-state index in [1.54, 1.807) is 0 Å². The average molecular weight is 383 g/mol. The van der Waals surface area contributed by atoms with Gasteiger partial charge in [0.05, 0.1) is 22.9 Å². The van der Waals surface area contributed by atoms with Crippen LogP contribution in [0.15, 0.2) is 54.6 Å². The molecule has 146 valence electrons. The van der Waals surface area contributed by atoms with Crippen LogP contribution in [-0.4, -0.2) is 26.3 Å². The summed E-state index contributed by atoms with van der Waals surface area (Å²) in [7, 11) is 2.02. The van der Waals surface area contributed by atoms with Gasteiger partial charge in [0, 0.05) is 35.8 Å².